The average molecular weight is 185 g/mol. The van der Waals surface area contributed by atoms with E-state index < -0.39 is 0 Å². The van der Waals surface area contributed by atoms with Gasteiger partial charge in [0.2, 0.25) is 0 Å². The molecule has 1 aliphatic heterocycles. The molecule has 0 aromatic rings. The molecule has 0 aromatic heterocycles. The summed E-state index contributed by atoms with van der Waals surface area (Å²) in [7, 11) is 0. The molecule has 1 heterocycles. The fraction of sp³-hybridized carbons (Fsp3) is 1.00. The summed E-state index contributed by atoms with van der Waals surface area (Å²) in [6, 6.07) is 0.687. The van der Waals surface area contributed by atoms with Crippen molar-refractivity contribution in [2.75, 3.05) is 19.8 Å². The number of ether oxygens (including phenoxy) is 1. The highest BCUT2D eigenvalue weighted by Gasteiger charge is 2.20. The van der Waals surface area contributed by atoms with Gasteiger partial charge in [0.25, 0.3) is 0 Å². The molecule has 0 saturated carbocycles. The van der Waals surface area contributed by atoms with Crippen molar-refractivity contribution in [2.24, 2.45) is 11.8 Å². The Balaban J connectivity index is 2.11. The fourth-order valence-electron chi connectivity index (χ4n) is 1.74. The Morgan fingerprint density at radius 1 is 1.46 bits per heavy atom. The maximum Gasteiger partial charge on any atom is 0.0506 e. The minimum atomic E-state index is 0.681. The lowest BCUT2D eigenvalue weighted by Crippen LogP contribution is -2.41. The lowest BCUT2D eigenvalue weighted by Gasteiger charge is -2.29. The molecular formula is C11H23NO. The Labute approximate surface area is 82.0 Å². The van der Waals surface area contributed by atoms with E-state index in [4.69, 9.17) is 4.74 Å². The molecule has 0 radical (unpaired) electrons. The van der Waals surface area contributed by atoms with Gasteiger partial charge < -0.3 is 10.1 Å². The van der Waals surface area contributed by atoms with Gasteiger partial charge in [0, 0.05) is 12.6 Å². The number of rotatable bonds is 4. The third-order valence-corrected chi connectivity index (χ3v) is 2.77. The third kappa shape index (κ3) is 4.10. The molecule has 2 heteroatoms. The second-order valence-electron chi connectivity index (χ2n) is 4.58. The molecule has 1 saturated heterocycles. The Hall–Kier alpha value is -0.0800. The second-order valence-corrected chi connectivity index (χ2v) is 4.58. The summed E-state index contributed by atoms with van der Waals surface area (Å²) < 4.78 is 5.40. The van der Waals surface area contributed by atoms with Crippen LogP contribution in [0.1, 0.15) is 33.6 Å². The van der Waals surface area contributed by atoms with Crippen LogP contribution in [-0.4, -0.2) is 25.8 Å². The van der Waals surface area contributed by atoms with Crippen LogP contribution in [0.15, 0.2) is 0 Å². The van der Waals surface area contributed by atoms with E-state index in [0.717, 1.165) is 25.7 Å². The minimum Gasteiger partial charge on any atom is -0.381 e. The Bertz CT molecular complexity index is 136. The molecule has 2 nitrogen and oxygen atoms in total. The molecule has 0 bridgehead atoms. The van der Waals surface area contributed by atoms with Crippen molar-refractivity contribution in [1.29, 1.82) is 0 Å². The molecule has 1 rings (SSSR count). The van der Waals surface area contributed by atoms with Gasteiger partial charge in [-0.25, -0.2) is 0 Å². The summed E-state index contributed by atoms with van der Waals surface area (Å²) in [5.41, 5.74) is 0. The molecule has 1 aliphatic rings. The van der Waals surface area contributed by atoms with Gasteiger partial charge in [-0.3, -0.25) is 0 Å². The summed E-state index contributed by atoms with van der Waals surface area (Å²) in [6.07, 6.45) is 2.46. The fourth-order valence-corrected chi connectivity index (χ4v) is 1.74. The third-order valence-electron chi connectivity index (χ3n) is 2.77. The van der Waals surface area contributed by atoms with Crippen molar-refractivity contribution < 1.29 is 4.74 Å². The van der Waals surface area contributed by atoms with Crippen LogP contribution in [0.3, 0.4) is 0 Å². The van der Waals surface area contributed by atoms with E-state index in [1.807, 2.05) is 0 Å². The summed E-state index contributed by atoms with van der Waals surface area (Å²) in [5.74, 6) is 1.49. The molecule has 1 N–H and O–H groups in total. The largest absolute Gasteiger partial charge is 0.381 e. The van der Waals surface area contributed by atoms with Crippen LogP contribution >= 0.6 is 0 Å². The molecule has 0 amide bonds. The molecule has 13 heavy (non-hydrogen) atoms. The monoisotopic (exact) mass is 185 g/mol. The first-order chi connectivity index (χ1) is 6.20. The average Bonchev–Trinajstić information content (AvgIpc) is 2.08. The first kappa shape index (κ1) is 11.0. The van der Waals surface area contributed by atoms with Gasteiger partial charge in [0.1, 0.15) is 0 Å². The zero-order valence-corrected chi connectivity index (χ0v) is 9.18. The van der Waals surface area contributed by atoms with Gasteiger partial charge in [-0.2, -0.15) is 0 Å². The topological polar surface area (TPSA) is 21.3 Å². The molecule has 2 unspecified atom stereocenters. The van der Waals surface area contributed by atoms with Gasteiger partial charge in [0.05, 0.1) is 6.61 Å². The van der Waals surface area contributed by atoms with Gasteiger partial charge in [0.15, 0.2) is 0 Å². The zero-order valence-electron chi connectivity index (χ0n) is 9.18. The maximum atomic E-state index is 5.40. The molecule has 0 spiro atoms. The van der Waals surface area contributed by atoms with Crippen molar-refractivity contribution >= 4 is 0 Å². The summed E-state index contributed by atoms with van der Waals surface area (Å²) in [4.78, 5) is 0. The molecule has 0 aromatic carbocycles. The number of hydrogen-bond donors (Lipinski definition) is 1. The van der Waals surface area contributed by atoms with Crippen LogP contribution < -0.4 is 5.32 Å². The molecular weight excluding hydrogens is 162 g/mol. The zero-order chi connectivity index (χ0) is 9.68. The first-order valence-corrected chi connectivity index (χ1v) is 5.51. The van der Waals surface area contributed by atoms with Crippen LogP contribution in [0.25, 0.3) is 0 Å². The lowest BCUT2D eigenvalue weighted by atomic mass is 9.97. The highest BCUT2D eigenvalue weighted by Crippen LogP contribution is 2.13. The van der Waals surface area contributed by atoms with Gasteiger partial charge in [-0.05, 0) is 31.2 Å². The maximum absolute atomic E-state index is 5.40. The van der Waals surface area contributed by atoms with Crippen LogP contribution in [0.5, 0.6) is 0 Å². The van der Waals surface area contributed by atoms with E-state index >= 15 is 0 Å². The summed E-state index contributed by atoms with van der Waals surface area (Å²) in [6.45, 7) is 9.84. The SMILES string of the molecule is CC(C)CCNC1CCOCC1C. The predicted molar refractivity (Wildman–Crippen MR) is 55.8 cm³/mol. The van der Waals surface area contributed by atoms with E-state index in [0.29, 0.717) is 12.0 Å². The predicted octanol–water partition coefficient (Wildman–Crippen LogP) is 2.05. The summed E-state index contributed by atoms with van der Waals surface area (Å²) >= 11 is 0. The Kier molecular flexibility index (Phi) is 4.74. The van der Waals surface area contributed by atoms with Crippen LogP contribution in [0, 0.1) is 11.8 Å². The second kappa shape index (κ2) is 5.61. The van der Waals surface area contributed by atoms with Crippen molar-refractivity contribution in [3.63, 3.8) is 0 Å². The first-order valence-electron chi connectivity index (χ1n) is 5.51. The molecule has 2 atom stereocenters. The molecule has 0 aliphatic carbocycles. The molecule has 1 fully saturated rings. The van der Waals surface area contributed by atoms with Gasteiger partial charge in [-0.1, -0.05) is 20.8 Å². The normalized spacial score (nSPS) is 29.5. The Morgan fingerprint density at radius 3 is 2.85 bits per heavy atom. The Morgan fingerprint density at radius 2 is 2.23 bits per heavy atom. The van der Waals surface area contributed by atoms with E-state index in [1.54, 1.807) is 0 Å². The quantitative estimate of drug-likeness (QED) is 0.723. The van der Waals surface area contributed by atoms with E-state index in [9.17, 15) is 0 Å². The van der Waals surface area contributed by atoms with E-state index in [1.165, 1.54) is 12.8 Å². The number of nitrogens with one attached hydrogen (secondary N) is 1. The van der Waals surface area contributed by atoms with Crippen molar-refractivity contribution in [3.8, 4) is 0 Å². The van der Waals surface area contributed by atoms with E-state index in [-0.39, 0.29) is 0 Å². The smallest absolute Gasteiger partial charge is 0.0506 e. The highest BCUT2D eigenvalue weighted by molar-refractivity contribution is 4.76. The van der Waals surface area contributed by atoms with Gasteiger partial charge >= 0.3 is 0 Å². The van der Waals surface area contributed by atoms with E-state index in [2.05, 4.69) is 26.1 Å². The lowest BCUT2D eigenvalue weighted by molar-refractivity contribution is 0.0389. The van der Waals surface area contributed by atoms with Crippen molar-refractivity contribution in [1.82, 2.24) is 5.32 Å². The van der Waals surface area contributed by atoms with Crippen molar-refractivity contribution in [2.45, 2.75) is 39.7 Å². The molecule has 78 valence electrons. The summed E-state index contributed by atoms with van der Waals surface area (Å²) in [5, 5.41) is 3.62. The van der Waals surface area contributed by atoms with Gasteiger partial charge in [-0.15, -0.1) is 0 Å². The van der Waals surface area contributed by atoms with Crippen LogP contribution in [0.2, 0.25) is 0 Å². The van der Waals surface area contributed by atoms with Crippen LogP contribution in [0.4, 0.5) is 0 Å². The standard InChI is InChI=1S/C11H23NO/c1-9(2)4-6-12-11-5-7-13-8-10(11)3/h9-12H,4-8H2,1-3H3. The van der Waals surface area contributed by atoms with Crippen LogP contribution in [-0.2, 0) is 4.74 Å². The number of hydrogen-bond acceptors (Lipinski definition) is 2. The highest BCUT2D eigenvalue weighted by atomic mass is 16.5. The minimum absolute atomic E-state index is 0.681. The van der Waals surface area contributed by atoms with Crippen molar-refractivity contribution in [3.05, 3.63) is 0 Å².